The van der Waals surface area contributed by atoms with Crippen LogP contribution in [-0.4, -0.2) is 103 Å². The van der Waals surface area contributed by atoms with E-state index < -0.39 is 102 Å². The van der Waals surface area contributed by atoms with Gasteiger partial charge in [0.15, 0.2) is 25.7 Å². The third-order valence-electron chi connectivity index (χ3n) is 12.0. The first-order valence-electron chi connectivity index (χ1n) is 20.7. The maximum absolute atomic E-state index is 17.7. The Balaban J connectivity index is 1.62. The minimum Gasteiger partial charge on any atom is -0.472 e. The summed E-state index contributed by atoms with van der Waals surface area (Å²) in [6.07, 6.45) is -7.03. The quantitative estimate of drug-likeness (QED) is 0.172. The van der Waals surface area contributed by atoms with Crippen molar-refractivity contribution in [1.29, 1.82) is 0 Å². The highest BCUT2D eigenvalue weighted by molar-refractivity contribution is 6.74. The molecule has 2 bridgehead atoms. The van der Waals surface area contributed by atoms with Crippen LogP contribution in [0.4, 0.5) is 43.0 Å². The third-order valence-corrected chi connectivity index (χ3v) is 16.5. The molecule has 6 rings (SSSR count). The van der Waals surface area contributed by atoms with E-state index >= 15 is 8.78 Å². The van der Waals surface area contributed by atoms with Gasteiger partial charge in [0.25, 0.3) is 5.91 Å². The molecule has 346 valence electrons. The Morgan fingerprint density at radius 3 is 2.17 bits per heavy atom. The first-order valence-corrected chi connectivity index (χ1v) is 23.6. The van der Waals surface area contributed by atoms with Gasteiger partial charge in [0.1, 0.15) is 34.5 Å². The second-order valence-corrected chi connectivity index (χ2v) is 24.8. The zero-order valence-corrected chi connectivity index (χ0v) is 39.2. The standard InChI is InChI=1S/C43H57F5N6O8Si/c1-21-27-28-34(51-30(21)35(55)49-12)53-19-42(20-58-63(13,14)41(9,10)11)16-15-26(54(42)38(57)62-40(6,7)8)32(53)22(2)59-36(28)52-31(29(27)45)24-17-23(50-37(56)61-39(3,4)5)18-25(44)33(24)60-43(46,47)48/h17-18,22,26,32H,15-16,19-20H2,1-14H3,(H,49,55)(H,50,56)/t22-,26-,32+,42+/m0/s1. The number of ether oxygens (including phenoxy) is 4. The molecule has 0 radical (unpaired) electrons. The van der Waals surface area contributed by atoms with Crippen molar-refractivity contribution in [2.24, 2.45) is 0 Å². The fraction of sp³-hybridized carbons (Fsp3) is 0.605. The maximum atomic E-state index is 17.7. The summed E-state index contributed by atoms with van der Waals surface area (Å²) in [5.41, 5.74) is -5.24. The molecule has 0 saturated carbocycles. The van der Waals surface area contributed by atoms with Crippen LogP contribution < -0.4 is 25.0 Å². The van der Waals surface area contributed by atoms with Crippen LogP contribution >= 0.6 is 0 Å². The van der Waals surface area contributed by atoms with Gasteiger partial charge >= 0.3 is 18.5 Å². The van der Waals surface area contributed by atoms with Gasteiger partial charge in [0.05, 0.1) is 35.2 Å². The zero-order chi connectivity index (χ0) is 47.2. The van der Waals surface area contributed by atoms with Gasteiger partial charge in [-0.25, -0.2) is 28.3 Å². The number of carbonyl (C=O) groups excluding carboxylic acids is 3. The smallest absolute Gasteiger partial charge is 0.472 e. The molecule has 0 unspecified atom stereocenters. The molecule has 4 atom stereocenters. The Bertz CT molecular complexity index is 2340. The van der Waals surface area contributed by atoms with Gasteiger partial charge in [-0.05, 0) is 98.0 Å². The van der Waals surface area contributed by atoms with E-state index in [0.29, 0.717) is 18.9 Å². The number of nitrogens with one attached hydrogen (secondary N) is 2. The molecule has 3 aliphatic heterocycles. The summed E-state index contributed by atoms with van der Waals surface area (Å²) in [6, 6.07) is 0.0954. The number of fused-ring (bicyclic) bond motifs is 5. The summed E-state index contributed by atoms with van der Waals surface area (Å²) in [5, 5.41) is 4.30. The van der Waals surface area contributed by atoms with Crippen molar-refractivity contribution < 1.29 is 59.7 Å². The van der Waals surface area contributed by atoms with Crippen molar-refractivity contribution in [2.75, 3.05) is 30.4 Å². The molecule has 0 spiro atoms. The molecule has 3 aliphatic rings. The van der Waals surface area contributed by atoms with E-state index in [0.717, 1.165) is 6.07 Å². The number of benzene rings is 1. The molecule has 2 aromatic heterocycles. The first kappa shape index (κ1) is 47.5. The number of carbonyl (C=O) groups is 3. The number of piperazine rings is 1. The lowest BCUT2D eigenvalue weighted by molar-refractivity contribution is -0.275. The third kappa shape index (κ3) is 9.19. The largest absolute Gasteiger partial charge is 0.573 e. The molecular weight excluding hydrogens is 852 g/mol. The Kier molecular flexibility index (Phi) is 12.0. The SMILES string of the molecule is CNC(=O)c1nc2c3c(nc(-c4cc(NC(=O)OC(C)(C)C)cc(F)c4OC(F)(F)F)c(F)c3c1C)O[C@@H](C)[C@@H]1[C@@H]3CC[C@](CO[Si](C)(C)C(C)(C)C)(CN21)N3C(=O)OC(C)(C)C. The van der Waals surface area contributed by atoms with Crippen molar-refractivity contribution in [3.8, 4) is 22.9 Å². The summed E-state index contributed by atoms with van der Waals surface area (Å²) in [6.45, 7) is 23.8. The number of nitrogens with zero attached hydrogens (tertiary/aromatic N) is 4. The van der Waals surface area contributed by atoms with Gasteiger partial charge in [-0.3, -0.25) is 15.0 Å². The fourth-order valence-electron chi connectivity index (χ4n) is 8.27. The average molecular weight is 909 g/mol. The minimum absolute atomic E-state index is 0.0110. The molecule has 3 aromatic rings. The Hall–Kier alpha value is -4.98. The van der Waals surface area contributed by atoms with Gasteiger partial charge in [-0.1, -0.05) is 20.8 Å². The van der Waals surface area contributed by atoms with E-state index in [1.807, 2.05) is 4.90 Å². The molecule has 1 aromatic carbocycles. The van der Waals surface area contributed by atoms with Crippen LogP contribution in [-0.2, 0) is 13.9 Å². The monoisotopic (exact) mass is 908 g/mol. The van der Waals surface area contributed by atoms with Crippen molar-refractivity contribution in [2.45, 2.75) is 148 Å². The van der Waals surface area contributed by atoms with Gasteiger partial charge in [0, 0.05) is 30.7 Å². The number of pyridine rings is 2. The van der Waals surface area contributed by atoms with Crippen molar-refractivity contribution in [3.63, 3.8) is 0 Å². The van der Waals surface area contributed by atoms with E-state index in [4.69, 9.17) is 23.6 Å². The number of anilines is 2. The molecule has 3 amide bonds. The lowest BCUT2D eigenvalue weighted by Gasteiger charge is -2.54. The molecule has 63 heavy (non-hydrogen) atoms. The van der Waals surface area contributed by atoms with Gasteiger partial charge in [0.2, 0.25) is 5.88 Å². The topological polar surface area (TPSA) is 154 Å². The highest BCUT2D eigenvalue weighted by Gasteiger charge is 2.62. The van der Waals surface area contributed by atoms with Crippen LogP contribution in [0.15, 0.2) is 12.1 Å². The Morgan fingerprint density at radius 2 is 1.60 bits per heavy atom. The van der Waals surface area contributed by atoms with E-state index in [-0.39, 0.29) is 51.9 Å². The predicted molar refractivity (Wildman–Crippen MR) is 228 cm³/mol. The number of aromatic nitrogens is 2. The number of hydrogen-bond donors (Lipinski definition) is 2. The summed E-state index contributed by atoms with van der Waals surface area (Å²) in [4.78, 5) is 53.6. The summed E-state index contributed by atoms with van der Waals surface area (Å²) in [7, 11) is -1.08. The Labute approximate surface area is 364 Å². The van der Waals surface area contributed by atoms with Crippen LogP contribution in [0.5, 0.6) is 11.6 Å². The molecular formula is C43H57F5N6O8Si. The number of amides is 3. The summed E-state index contributed by atoms with van der Waals surface area (Å²) >= 11 is 0. The number of alkyl halides is 3. The first-order chi connectivity index (χ1) is 28.8. The second-order valence-electron chi connectivity index (χ2n) is 20.0. The van der Waals surface area contributed by atoms with Gasteiger partial charge in [-0.2, -0.15) is 0 Å². The summed E-state index contributed by atoms with van der Waals surface area (Å²) in [5.74, 6) is -5.25. The van der Waals surface area contributed by atoms with Gasteiger partial charge in [-0.15, -0.1) is 13.2 Å². The molecule has 14 nitrogen and oxygen atoms in total. The predicted octanol–water partition coefficient (Wildman–Crippen LogP) is 9.62. The van der Waals surface area contributed by atoms with Gasteiger partial charge < -0.3 is 33.6 Å². The number of rotatable bonds is 7. The van der Waals surface area contributed by atoms with E-state index in [1.165, 1.54) is 14.0 Å². The molecule has 0 aliphatic carbocycles. The van der Waals surface area contributed by atoms with E-state index in [2.05, 4.69) is 54.2 Å². The fourth-order valence-corrected chi connectivity index (χ4v) is 9.33. The summed E-state index contributed by atoms with van der Waals surface area (Å²) < 4.78 is 104. The number of aryl methyl sites for hydroxylation is 1. The highest BCUT2D eigenvalue weighted by atomic mass is 28.4. The second kappa shape index (κ2) is 15.9. The molecule has 5 heterocycles. The maximum Gasteiger partial charge on any atom is 0.573 e. The van der Waals surface area contributed by atoms with Crippen molar-refractivity contribution >= 4 is 48.7 Å². The molecule has 2 N–H and O–H groups in total. The van der Waals surface area contributed by atoms with E-state index in [9.17, 15) is 27.6 Å². The van der Waals surface area contributed by atoms with Crippen molar-refractivity contribution in [1.82, 2.24) is 20.2 Å². The lowest BCUT2D eigenvalue weighted by atomic mass is 9.92. The van der Waals surface area contributed by atoms with Crippen LogP contribution in [0.25, 0.3) is 22.0 Å². The van der Waals surface area contributed by atoms with E-state index in [1.54, 1.807) is 53.4 Å². The zero-order valence-electron chi connectivity index (χ0n) is 38.2. The normalized spacial score (nSPS) is 21.3. The van der Waals surface area contributed by atoms with Crippen LogP contribution in [0.2, 0.25) is 18.1 Å². The molecule has 2 saturated heterocycles. The highest BCUT2D eigenvalue weighted by Crippen LogP contribution is 2.52. The van der Waals surface area contributed by atoms with Crippen LogP contribution in [0, 0.1) is 18.6 Å². The minimum atomic E-state index is -5.45. The van der Waals surface area contributed by atoms with Crippen LogP contribution in [0.3, 0.4) is 0 Å². The lowest BCUT2D eigenvalue weighted by Crippen LogP contribution is -2.72. The molecule has 2 fully saturated rings. The van der Waals surface area contributed by atoms with Crippen LogP contribution in [0.1, 0.15) is 98.1 Å². The Morgan fingerprint density at radius 1 is 0.968 bits per heavy atom. The average Bonchev–Trinajstić information content (AvgIpc) is 3.33. The molecule has 20 heteroatoms. The van der Waals surface area contributed by atoms with Crippen molar-refractivity contribution in [3.05, 3.63) is 35.0 Å². The number of halogens is 5. The number of hydrogen-bond acceptors (Lipinski definition) is 11.